The zero-order chi connectivity index (χ0) is 44.0. The van der Waals surface area contributed by atoms with E-state index < -0.39 is 0 Å². The Labute approximate surface area is 385 Å². The van der Waals surface area contributed by atoms with Gasteiger partial charge in [-0.2, -0.15) is 0 Å². The van der Waals surface area contributed by atoms with Crippen molar-refractivity contribution in [2.24, 2.45) is 0 Å². The number of para-hydroxylation sites is 1. The van der Waals surface area contributed by atoms with E-state index in [-0.39, 0.29) is 0 Å². The Balaban J connectivity index is 0.963. The summed E-state index contributed by atoms with van der Waals surface area (Å²) in [5.41, 5.74) is 14.5. The molecule has 0 bridgehead atoms. The molecule has 310 valence electrons. The predicted molar refractivity (Wildman–Crippen MR) is 285 cm³/mol. The van der Waals surface area contributed by atoms with Crippen LogP contribution in [0, 0.1) is 6.92 Å². The minimum Gasteiger partial charge on any atom is -0.310 e. The van der Waals surface area contributed by atoms with Gasteiger partial charge in [-0.1, -0.05) is 218 Å². The highest BCUT2D eigenvalue weighted by Crippen LogP contribution is 2.47. The van der Waals surface area contributed by atoms with Crippen molar-refractivity contribution in [3.63, 3.8) is 0 Å². The third kappa shape index (κ3) is 6.81. The van der Waals surface area contributed by atoms with Crippen LogP contribution in [-0.4, -0.2) is 0 Å². The Morgan fingerprint density at radius 2 is 0.727 bits per heavy atom. The molecule has 1 heteroatoms. The smallest absolute Gasteiger partial charge is 0.0464 e. The van der Waals surface area contributed by atoms with E-state index in [1.807, 2.05) is 0 Å². The normalized spacial score (nSPS) is 11.7. The fourth-order valence-corrected chi connectivity index (χ4v) is 10.3. The van der Waals surface area contributed by atoms with Gasteiger partial charge in [0.1, 0.15) is 0 Å². The van der Waals surface area contributed by atoms with Crippen LogP contribution in [0.5, 0.6) is 0 Å². The molecule has 0 radical (unpaired) electrons. The third-order valence-electron chi connectivity index (χ3n) is 13.3. The Kier molecular flexibility index (Phi) is 9.81. The van der Waals surface area contributed by atoms with E-state index in [1.54, 1.807) is 0 Å². The first-order chi connectivity index (χ1) is 32.7. The molecule has 0 heterocycles. The summed E-state index contributed by atoms with van der Waals surface area (Å²) >= 11 is 0. The largest absolute Gasteiger partial charge is 0.310 e. The van der Waals surface area contributed by atoms with Gasteiger partial charge in [-0.15, -0.1) is 0 Å². The molecule has 1 nitrogen and oxygen atoms in total. The maximum atomic E-state index is 2.34. The molecule has 0 saturated heterocycles. The first-order valence-corrected chi connectivity index (χ1v) is 22.8. The van der Waals surface area contributed by atoms with E-state index in [2.05, 4.69) is 267 Å². The molecule has 0 saturated carbocycles. The summed E-state index contributed by atoms with van der Waals surface area (Å²) in [6.45, 7) is 2.15. The number of benzene rings is 12. The molecule has 0 aliphatic rings. The van der Waals surface area contributed by atoms with Crippen LogP contribution in [0.3, 0.4) is 0 Å². The van der Waals surface area contributed by atoms with Crippen LogP contribution in [0.4, 0.5) is 17.1 Å². The number of hydrogen-bond donors (Lipinski definition) is 0. The molecule has 0 unspecified atom stereocenters. The van der Waals surface area contributed by atoms with Gasteiger partial charge < -0.3 is 4.90 Å². The fraction of sp³-hybridized carbons (Fsp3) is 0.0154. The van der Waals surface area contributed by atoms with Gasteiger partial charge in [-0.3, -0.25) is 0 Å². The summed E-state index contributed by atoms with van der Waals surface area (Å²) in [5.74, 6) is 0. The summed E-state index contributed by atoms with van der Waals surface area (Å²) < 4.78 is 0. The minimum atomic E-state index is 1.12. The Morgan fingerprint density at radius 3 is 1.35 bits per heavy atom. The van der Waals surface area contributed by atoms with Crippen molar-refractivity contribution in [1.29, 1.82) is 0 Å². The lowest BCUT2D eigenvalue weighted by Crippen LogP contribution is -2.09. The van der Waals surface area contributed by atoms with Gasteiger partial charge in [0.15, 0.2) is 0 Å². The van der Waals surface area contributed by atoms with E-state index in [0.717, 1.165) is 17.1 Å². The standard InChI is InChI=1S/C65H45N/c1-44-17-15-22-51(43-44)66(49-20-3-2-4-21-49)50-39-35-48(36-40-50)64-59-28-11-13-30-61(59)65(62-31-14-12-29-60(62)64)63-42-38-47(54-25-8-10-27-57(54)63)34-33-46-37-41-58(55-26-9-7-24-53(46)55)56-32-16-19-45-18-5-6-23-52(45)56/h2-43H,1H3. The van der Waals surface area contributed by atoms with E-state index in [4.69, 9.17) is 0 Å². The number of fused-ring (bicyclic) bond motifs is 5. The molecule has 66 heavy (non-hydrogen) atoms. The van der Waals surface area contributed by atoms with Gasteiger partial charge in [0.2, 0.25) is 0 Å². The highest BCUT2D eigenvalue weighted by Gasteiger charge is 2.20. The van der Waals surface area contributed by atoms with E-state index >= 15 is 0 Å². The van der Waals surface area contributed by atoms with Crippen molar-refractivity contribution in [3.05, 3.63) is 259 Å². The van der Waals surface area contributed by atoms with Gasteiger partial charge in [0, 0.05) is 17.1 Å². The number of anilines is 3. The van der Waals surface area contributed by atoms with Crippen molar-refractivity contribution in [3.8, 4) is 33.4 Å². The lowest BCUT2D eigenvalue weighted by atomic mass is 9.84. The summed E-state index contributed by atoms with van der Waals surface area (Å²) in [7, 11) is 0. The van der Waals surface area contributed by atoms with Crippen LogP contribution in [0.25, 0.3) is 99.4 Å². The topological polar surface area (TPSA) is 3.24 Å². The maximum absolute atomic E-state index is 2.34. The van der Waals surface area contributed by atoms with Gasteiger partial charge in [0.25, 0.3) is 0 Å². The van der Waals surface area contributed by atoms with Crippen LogP contribution in [0.2, 0.25) is 0 Å². The average Bonchev–Trinajstić information content (AvgIpc) is 3.38. The molecular formula is C65H45N. The highest BCUT2D eigenvalue weighted by atomic mass is 15.1. The van der Waals surface area contributed by atoms with Gasteiger partial charge >= 0.3 is 0 Å². The number of hydrogen-bond acceptors (Lipinski definition) is 1. The molecule has 12 rings (SSSR count). The first-order valence-electron chi connectivity index (χ1n) is 22.8. The second kappa shape index (κ2) is 16.6. The van der Waals surface area contributed by atoms with Crippen LogP contribution in [0.15, 0.2) is 243 Å². The summed E-state index contributed by atoms with van der Waals surface area (Å²) in [4.78, 5) is 2.34. The molecule has 0 amide bonds. The van der Waals surface area contributed by atoms with Crippen molar-refractivity contribution in [1.82, 2.24) is 0 Å². The van der Waals surface area contributed by atoms with E-state index in [1.165, 1.54) is 104 Å². The summed E-state index contributed by atoms with van der Waals surface area (Å²) in [6, 6.07) is 88.7. The van der Waals surface area contributed by atoms with E-state index in [0.29, 0.717) is 0 Å². The van der Waals surface area contributed by atoms with Crippen LogP contribution < -0.4 is 4.90 Å². The molecule has 0 aliphatic carbocycles. The minimum absolute atomic E-state index is 1.12. The maximum Gasteiger partial charge on any atom is 0.0464 e. The molecular weight excluding hydrogens is 795 g/mol. The molecule has 0 aromatic heterocycles. The van der Waals surface area contributed by atoms with Crippen molar-refractivity contribution in [2.45, 2.75) is 6.92 Å². The highest BCUT2D eigenvalue weighted by molar-refractivity contribution is 6.24. The molecule has 12 aromatic carbocycles. The predicted octanol–water partition coefficient (Wildman–Crippen LogP) is 18.4. The van der Waals surface area contributed by atoms with Crippen molar-refractivity contribution >= 4 is 83.1 Å². The number of aryl methyl sites for hydroxylation is 1. The van der Waals surface area contributed by atoms with Gasteiger partial charge in [-0.05, 0) is 147 Å². The zero-order valence-electron chi connectivity index (χ0n) is 36.7. The molecule has 0 spiro atoms. The molecule has 0 N–H and O–H groups in total. The van der Waals surface area contributed by atoms with Crippen molar-refractivity contribution < 1.29 is 0 Å². The fourth-order valence-electron chi connectivity index (χ4n) is 10.3. The van der Waals surface area contributed by atoms with Crippen LogP contribution in [-0.2, 0) is 0 Å². The molecule has 12 aromatic rings. The monoisotopic (exact) mass is 839 g/mol. The number of rotatable bonds is 8. The molecule has 0 atom stereocenters. The second-order valence-corrected chi connectivity index (χ2v) is 17.3. The third-order valence-corrected chi connectivity index (χ3v) is 13.3. The van der Waals surface area contributed by atoms with Gasteiger partial charge in [0.05, 0.1) is 0 Å². The second-order valence-electron chi connectivity index (χ2n) is 17.3. The van der Waals surface area contributed by atoms with Crippen molar-refractivity contribution in [2.75, 3.05) is 4.90 Å². The Bertz CT molecular complexity index is 3760. The first kappa shape index (κ1) is 39.1. The van der Waals surface area contributed by atoms with E-state index in [9.17, 15) is 0 Å². The lowest BCUT2D eigenvalue weighted by Gasteiger charge is -2.26. The van der Waals surface area contributed by atoms with Crippen LogP contribution >= 0.6 is 0 Å². The lowest BCUT2D eigenvalue weighted by molar-refractivity contribution is 1.27. The summed E-state index contributed by atoms with van der Waals surface area (Å²) in [6.07, 6.45) is 4.59. The SMILES string of the molecule is Cc1cccc(N(c2ccccc2)c2ccc(-c3c4ccccc4c(-c4ccc(C=Cc5ccc(-c6cccc7ccccc67)c6ccccc56)c5ccccc45)c4ccccc34)cc2)c1. The number of nitrogens with zero attached hydrogens (tertiary/aromatic N) is 1. The van der Waals surface area contributed by atoms with Gasteiger partial charge in [-0.25, -0.2) is 0 Å². The summed E-state index contributed by atoms with van der Waals surface area (Å²) in [5, 5.41) is 12.5. The molecule has 0 aliphatic heterocycles. The average molecular weight is 840 g/mol. The molecule has 0 fully saturated rings. The quantitative estimate of drug-likeness (QED) is 0.109. The zero-order valence-corrected chi connectivity index (χ0v) is 36.7. The Hall–Kier alpha value is -8.52. The Morgan fingerprint density at radius 1 is 0.288 bits per heavy atom. The van der Waals surface area contributed by atoms with Crippen LogP contribution in [0.1, 0.15) is 16.7 Å².